The van der Waals surface area contributed by atoms with Crippen molar-refractivity contribution in [2.24, 2.45) is 5.92 Å². The van der Waals surface area contributed by atoms with Gasteiger partial charge in [-0.1, -0.05) is 45.9 Å². The standard InChI is InChI=1S/C22H35N3O2/c1-6-17(7-2)21(26)25-13-11-18(12-14-25)23-22(27)24-20-16(5)9-8-10-19(20)15(3)4/h8-10,15,17-18H,6-7,11-14H2,1-5H3,(H2,23,24,27). The monoisotopic (exact) mass is 373 g/mol. The van der Waals surface area contributed by atoms with Gasteiger partial charge in [0.1, 0.15) is 0 Å². The van der Waals surface area contributed by atoms with Gasteiger partial charge in [-0.15, -0.1) is 0 Å². The normalized spacial score (nSPS) is 15.3. The maximum Gasteiger partial charge on any atom is 0.319 e. The predicted octanol–water partition coefficient (Wildman–Crippen LogP) is 4.67. The predicted molar refractivity (Wildman–Crippen MR) is 111 cm³/mol. The Morgan fingerprint density at radius 2 is 1.78 bits per heavy atom. The molecule has 1 saturated heterocycles. The third kappa shape index (κ3) is 5.47. The molecule has 1 aromatic carbocycles. The second kappa shape index (κ2) is 9.77. The third-order valence-electron chi connectivity index (χ3n) is 5.64. The molecule has 0 saturated carbocycles. The molecular formula is C22H35N3O2. The molecule has 150 valence electrons. The first-order valence-electron chi connectivity index (χ1n) is 10.3. The number of anilines is 1. The average molecular weight is 374 g/mol. The minimum absolute atomic E-state index is 0.113. The Kier molecular flexibility index (Phi) is 7.69. The first-order chi connectivity index (χ1) is 12.9. The van der Waals surface area contributed by atoms with Crippen molar-refractivity contribution in [2.45, 2.75) is 72.3 Å². The zero-order valence-corrected chi connectivity index (χ0v) is 17.5. The van der Waals surface area contributed by atoms with Crippen molar-refractivity contribution in [3.63, 3.8) is 0 Å². The van der Waals surface area contributed by atoms with Gasteiger partial charge in [0.2, 0.25) is 5.91 Å². The van der Waals surface area contributed by atoms with Crippen molar-refractivity contribution in [3.05, 3.63) is 29.3 Å². The Labute approximate surface area is 163 Å². The molecule has 0 unspecified atom stereocenters. The van der Waals surface area contributed by atoms with Crippen LogP contribution < -0.4 is 10.6 Å². The quantitative estimate of drug-likeness (QED) is 0.761. The highest BCUT2D eigenvalue weighted by Gasteiger charge is 2.27. The fraction of sp³-hybridized carbons (Fsp3) is 0.636. The first kappa shape index (κ1) is 21.3. The minimum atomic E-state index is -0.157. The maximum absolute atomic E-state index is 12.5. The fourth-order valence-corrected chi connectivity index (χ4v) is 3.82. The van der Waals surface area contributed by atoms with Crippen LogP contribution in [0.3, 0.4) is 0 Å². The number of benzene rings is 1. The molecular weight excluding hydrogens is 338 g/mol. The lowest BCUT2D eigenvalue weighted by Crippen LogP contribution is -2.48. The number of nitrogens with one attached hydrogen (secondary N) is 2. The van der Waals surface area contributed by atoms with Crippen molar-refractivity contribution < 1.29 is 9.59 Å². The molecule has 5 heteroatoms. The van der Waals surface area contributed by atoms with Gasteiger partial charge in [0.15, 0.2) is 0 Å². The van der Waals surface area contributed by atoms with Gasteiger partial charge in [0.05, 0.1) is 0 Å². The van der Waals surface area contributed by atoms with Crippen LogP contribution in [0.2, 0.25) is 0 Å². The average Bonchev–Trinajstić information content (AvgIpc) is 2.64. The molecule has 2 N–H and O–H groups in total. The number of nitrogens with zero attached hydrogens (tertiary/aromatic N) is 1. The molecule has 1 aromatic rings. The van der Waals surface area contributed by atoms with Crippen molar-refractivity contribution >= 4 is 17.6 Å². The van der Waals surface area contributed by atoms with E-state index < -0.39 is 0 Å². The summed E-state index contributed by atoms with van der Waals surface area (Å²) in [4.78, 5) is 27.0. The molecule has 0 bridgehead atoms. The Hall–Kier alpha value is -2.04. The maximum atomic E-state index is 12.5. The summed E-state index contributed by atoms with van der Waals surface area (Å²) >= 11 is 0. The molecule has 1 aliphatic heterocycles. The highest BCUT2D eigenvalue weighted by Crippen LogP contribution is 2.27. The summed E-state index contributed by atoms with van der Waals surface area (Å²) in [6, 6.07) is 6.07. The first-order valence-corrected chi connectivity index (χ1v) is 10.3. The Bertz CT molecular complexity index is 645. The van der Waals surface area contributed by atoms with Crippen molar-refractivity contribution in [1.82, 2.24) is 10.2 Å². The Morgan fingerprint density at radius 3 is 2.33 bits per heavy atom. The smallest absolute Gasteiger partial charge is 0.319 e. The molecule has 5 nitrogen and oxygen atoms in total. The van der Waals surface area contributed by atoms with Gasteiger partial charge >= 0.3 is 6.03 Å². The zero-order valence-electron chi connectivity index (χ0n) is 17.5. The summed E-state index contributed by atoms with van der Waals surface area (Å²) in [5, 5.41) is 6.14. The summed E-state index contributed by atoms with van der Waals surface area (Å²) < 4.78 is 0. The number of rotatable bonds is 6. The third-order valence-corrected chi connectivity index (χ3v) is 5.64. The number of urea groups is 1. The Balaban J connectivity index is 1.89. The van der Waals surface area contributed by atoms with Gasteiger partial charge in [-0.25, -0.2) is 4.79 Å². The molecule has 1 aliphatic rings. The highest BCUT2D eigenvalue weighted by molar-refractivity contribution is 5.91. The lowest BCUT2D eigenvalue weighted by atomic mass is 9.98. The Morgan fingerprint density at radius 1 is 1.15 bits per heavy atom. The number of para-hydroxylation sites is 1. The largest absolute Gasteiger partial charge is 0.342 e. The molecule has 1 heterocycles. The van der Waals surface area contributed by atoms with E-state index in [1.807, 2.05) is 24.0 Å². The van der Waals surface area contributed by atoms with Gasteiger partial charge in [0, 0.05) is 30.7 Å². The van der Waals surface area contributed by atoms with Crippen LogP contribution in [0.4, 0.5) is 10.5 Å². The summed E-state index contributed by atoms with van der Waals surface area (Å²) in [7, 11) is 0. The van der Waals surface area contributed by atoms with E-state index in [0.29, 0.717) is 5.92 Å². The van der Waals surface area contributed by atoms with Crippen molar-refractivity contribution in [3.8, 4) is 0 Å². The molecule has 0 aliphatic carbocycles. The molecule has 1 fully saturated rings. The summed E-state index contributed by atoms with van der Waals surface area (Å²) in [5.74, 6) is 0.747. The summed E-state index contributed by atoms with van der Waals surface area (Å²) in [6.07, 6.45) is 3.41. The number of carbonyl (C=O) groups is 2. The second-order valence-corrected chi connectivity index (χ2v) is 7.91. The van der Waals surface area contributed by atoms with Crippen molar-refractivity contribution in [1.29, 1.82) is 0 Å². The van der Waals surface area contributed by atoms with E-state index in [9.17, 15) is 9.59 Å². The number of aryl methyl sites for hydroxylation is 1. The SMILES string of the molecule is CCC(CC)C(=O)N1CCC(NC(=O)Nc2c(C)cccc2C(C)C)CC1. The number of hydrogen-bond donors (Lipinski definition) is 2. The zero-order chi connectivity index (χ0) is 20.0. The lowest BCUT2D eigenvalue weighted by Gasteiger charge is -2.34. The van der Waals surface area contributed by atoms with Crippen LogP contribution in [0, 0.1) is 12.8 Å². The highest BCUT2D eigenvalue weighted by atomic mass is 16.2. The van der Waals surface area contributed by atoms with Crippen LogP contribution in [0.25, 0.3) is 0 Å². The van der Waals surface area contributed by atoms with E-state index >= 15 is 0 Å². The fourth-order valence-electron chi connectivity index (χ4n) is 3.82. The van der Waals surface area contributed by atoms with Gasteiger partial charge in [-0.3, -0.25) is 4.79 Å². The number of carbonyl (C=O) groups excluding carboxylic acids is 2. The van der Waals surface area contributed by atoms with Crippen LogP contribution in [-0.4, -0.2) is 36.0 Å². The van der Waals surface area contributed by atoms with Gasteiger partial charge < -0.3 is 15.5 Å². The van der Waals surface area contributed by atoms with Gasteiger partial charge in [0.25, 0.3) is 0 Å². The van der Waals surface area contributed by atoms with Crippen LogP contribution in [0.1, 0.15) is 70.4 Å². The molecule has 0 spiro atoms. The van der Waals surface area contributed by atoms with Crippen LogP contribution in [-0.2, 0) is 4.79 Å². The number of hydrogen-bond acceptors (Lipinski definition) is 2. The van der Waals surface area contributed by atoms with E-state index in [1.54, 1.807) is 0 Å². The minimum Gasteiger partial charge on any atom is -0.342 e. The molecule has 0 radical (unpaired) electrons. The lowest BCUT2D eigenvalue weighted by molar-refractivity contribution is -0.136. The van der Waals surface area contributed by atoms with E-state index in [-0.39, 0.29) is 23.9 Å². The van der Waals surface area contributed by atoms with Gasteiger partial charge in [-0.2, -0.15) is 0 Å². The molecule has 3 amide bonds. The van der Waals surface area contributed by atoms with Crippen LogP contribution in [0.5, 0.6) is 0 Å². The van der Waals surface area contributed by atoms with Crippen LogP contribution >= 0.6 is 0 Å². The molecule has 2 rings (SSSR count). The molecule has 27 heavy (non-hydrogen) atoms. The number of amides is 3. The van der Waals surface area contributed by atoms with Crippen molar-refractivity contribution in [2.75, 3.05) is 18.4 Å². The van der Waals surface area contributed by atoms with E-state index in [2.05, 4.69) is 44.4 Å². The molecule has 0 atom stereocenters. The van der Waals surface area contributed by atoms with E-state index in [4.69, 9.17) is 0 Å². The number of likely N-dealkylation sites (tertiary alicyclic amines) is 1. The van der Waals surface area contributed by atoms with Gasteiger partial charge in [-0.05, 0) is 49.7 Å². The summed E-state index contributed by atoms with van der Waals surface area (Å²) in [6.45, 7) is 11.9. The van der Waals surface area contributed by atoms with E-state index in [1.165, 1.54) is 0 Å². The van der Waals surface area contributed by atoms with Crippen LogP contribution in [0.15, 0.2) is 18.2 Å². The topological polar surface area (TPSA) is 61.4 Å². The molecule has 0 aromatic heterocycles. The van der Waals surface area contributed by atoms with E-state index in [0.717, 1.165) is 55.6 Å². The number of piperidine rings is 1. The second-order valence-electron chi connectivity index (χ2n) is 7.91. The summed E-state index contributed by atoms with van der Waals surface area (Å²) in [5.41, 5.74) is 3.13.